The van der Waals surface area contributed by atoms with Crippen molar-refractivity contribution in [3.05, 3.63) is 59.3 Å². The van der Waals surface area contributed by atoms with Gasteiger partial charge in [-0.15, -0.1) is 0 Å². The van der Waals surface area contributed by atoms with Crippen molar-refractivity contribution in [2.24, 2.45) is 4.99 Å². The fraction of sp³-hybridized carbons (Fsp3) is 0.200. The van der Waals surface area contributed by atoms with E-state index in [9.17, 15) is 4.79 Å². The van der Waals surface area contributed by atoms with Crippen molar-refractivity contribution < 1.29 is 23.7 Å². The molecule has 0 aliphatic carbocycles. The lowest BCUT2D eigenvalue weighted by Crippen LogP contribution is -2.05. The van der Waals surface area contributed by atoms with Gasteiger partial charge in [-0.2, -0.15) is 0 Å². The van der Waals surface area contributed by atoms with Crippen molar-refractivity contribution in [2.45, 2.75) is 6.92 Å². The summed E-state index contributed by atoms with van der Waals surface area (Å²) in [6, 6.07) is 12.6. The number of cyclic esters (lactones) is 1. The summed E-state index contributed by atoms with van der Waals surface area (Å²) in [6.45, 7) is 2.44. The first kappa shape index (κ1) is 17.5. The number of benzene rings is 2. The third-order valence-corrected chi connectivity index (χ3v) is 3.73. The van der Waals surface area contributed by atoms with E-state index < -0.39 is 5.97 Å². The monoisotopic (exact) mass is 353 g/mol. The van der Waals surface area contributed by atoms with E-state index in [0.29, 0.717) is 29.4 Å². The normalized spacial score (nSPS) is 14.8. The highest BCUT2D eigenvalue weighted by atomic mass is 16.6. The van der Waals surface area contributed by atoms with Gasteiger partial charge in [0, 0.05) is 5.56 Å². The molecule has 0 N–H and O–H groups in total. The Labute approximate surface area is 151 Å². The molecule has 0 bridgehead atoms. The fourth-order valence-electron chi connectivity index (χ4n) is 2.50. The van der Waals surface area contributed by atoms with Gasteiger partial charge in [-0.1, -0.05) is 12.1 Å². The number of nitrogens with zero attached hydrogens (tertiary/aromatic N) is 1. The van der Waals surface area contributed by atoms with Crippen LogP contribution < -0.4 is 14.2 Å². The number of hydrogen-bond acceptors (Lipinski definition) is 6. The first-order chi connectivity index (χ1) is 12.6. The van der Waals surface area contributed by atoms with Gasteiger partial charge >= 0.3 is 5.97 Å². The van der Waals surface area contributed by atoms with Crippen LogP contribution in [-0.2, 0) is 9.53 Å². The third-order valence-electron chi connectivity index (χ3n) is 3.73. The molecule has 0 radical (unpaired) electrons. The molecule has 0 unspecified atom stereocenters. The average Bonchev–Trinajstić information content (AvgIpc) is 3.03. The van der Waals surface area contributed by atoms with E-state index in [1.165, 1.54) is 0 Å². The first-order valence-corrected chi connectivity index (χ1v) is 8.12. The van der Waals surface area contributed by atoms with E-state index in [1.807, 2.05) is 25.1 Å². The van der Waals surface area contributed by atoms with Crippen molar-refractivity contribution in [2.75, 3.05) is 20.8 Å². The van der Waals surface area contributed by atoms with Crippen molar-refractivity contribution in [1.82, 2.24) is 0 Å². The molecular formula is C20H19NO5. The van der Waals surface area contributed by atoms with Crippen LogP contribution in [0.25, 0.3) is 6.08 Å². The number of methoxy groups -OCH3 is 2. The van der Waals surface area contributed by atoms with Gasteiger partial charge in [0.2, 0.25) is 5.90 Å². The Balaban J connectivity index is 1.91. The maximum Gasteiger partial charge on any atom is 0.363 e. The number of rotatable bonds is 6. The zero-order valence-corrected chi connectivity index (χ0v) is 14.8. The Morgan fingerprint density at radius 2 is 1.92 bits per heavy atom. The molecule has 0 saturated heterocycles. The average molecular weight is 353 g/mol. The number of aliphatic imine (C=N–C) groups is 1. The molecule has 6 nitrogen and oxygen atoms in total. The van der Waals surface area contributed by atoms with Crippen LogP contribution in [0.5, 0.6) is 17.2 Å². The van der Waals surface area contributed by atoms with E-state index in [4.69, 9.17) is 18.9 Å². The molecule has 26 heavy (non-hydrogen) atoms. The van der Waals surface area contributed by atoms with Gasteiger partial charge in [0.1, 0.15) is 5.75 Å². The molecule has 1 heterocycles. The number of carbonyl (C=O) groups is 1. The molecule has 2 aromatic carbocycles. The second kappa shape index (κ2) is 7.74. The lowest BCUT2D eigenvalue weighted by atomic mass is 10.1. The molecule has 0 atom stereocenters. The van der Waals surface area contributed by atoms with Crippen molar-refractivity contribution in [3.8, 4) is 17.2 Å². The third kappa shape index (κ3) is 3.69. The number of ether oxygens (including phenoxy) is 4. The van der Waals surface area contributed by atoms with Crippen LogP contribution in [0.3, 0.4) is 0 Å². The molecule has 6 heteroatoms. The maximum atomic E-state index is 12.1. The summed E-state index contributed by atoms with van der Waals surface area (Å²) in [5.74, 6) is 1.64. The molecular weight excluding hydrogens is 334 g/mol. The van der Waals surface area contributed by atoms with Crippen LogP contribution in [0, 0.1) is 0 Å². The largest absolute Gasteiger partial charge is 0.497 e. The summed E-state index contributed by atoms with van der Waals surface area (Å²) in [5.41, 5.74) is 1.65. The van der Waals surface area contributed by atoms with E-state index >= 15 is 0 Å². The van der Waals surface area contributed by atoms with Crippen molar-refractivity contribution in [1.29, 1.82) is 0 Å². The van der Waals surface area contributed by atoms with Crippen LogP contribution in [0.2, 0.25) is 0 Å². The summed E-state index contributed by atoms with van der Waals surface area (Å²) in [7, 11) is 3.14. The minimum Gasteiger partial charge on any atom is -0.497 e. The lowest BCUT2D eigenvalue weighted by molar-refractivity contribution is -0.129. The van der Waals surface area contributed by atoms with E-state index in [0.717, 1.165) is 5.56 Å². The van der Waals surface area contributed by atoms with E-state index in [2.05, 4.69) is 4.99 Å². The summed E-state index contributed by atoms with van der Waals surface area (Å²) < 4.78 is 21.3. The van der Waals surface area contributed by atoms with Crippen LogP contribution in [-0.4, -0.2) is 32.7 Å². The molecule has 1 aliphatic rings. The van der Waals surface area contributed by atoms with Gasteiger partial charge in [-0.3, -0.25) is 0 Å². The van der Waals surface area contributed by atoms with Crippen LogP contribution in [0.1, 0.15) is 18.1 Å². The summed E-state index contributed by atoms with van der Waals surface area (Å²) >= 11 is 0. The van der Waals surface area contributed by atoms with Crippen LogP contribution in [0.15, 0.2) is 53.2 Å². The Morgan fingerprint density at radius 3 is 2.65 bits per heavy atom. The first-order valence-electron chi connectivity index (χ1n) is 8.12. The number of hydrogen-bond donors (Lipinski definition) is 0. The van der Waals surface area contributed by atoms with Gasteiger partial charge in [0.25, 0.3) is 0 Å². The molecule has 0 amide bonds. The van der Waals surface area contributed by atoms with Gasteiger partial charge in [0.05, 0.1) is 20.8 Å². The van der Waals surface area contributed by atoms with E-state index in [-0.39, 0.29) is 11.6 Å². The summed E-state index contributed by atoms with van der Waals surface area (Å²) in [5, 5.41) is 0. The van der Waals surface area contributed by atoms with Crippen molar-refractivity contribution in [3.63, 3.8) is 0 Å². The van der Waals surface area contributed by atoms with Gasteiger partial charge in [0.15, 0.2) is 17.2 Å². The highest BCUT2D eigenvalue weighted by Gasteiger charge is 2.24. The zero-order valence-electron chi connectivity index (χ0n) is 14.8. The SMILES string of the molecule is CCOc1ccc(/C=C2/N=C(c3cccc(OC)c3)OC2=O)cc1OC. The van der Waals surface area contributed by atoms with Crippen LogP contribution in [0.4, 0.5) is 0 Å². The Hall–Kier alpha value is -3.28. The molecule has 1 aliphatic heterocycles. The Bertz CT molecular complexity index is 886. The fourth-order valence-corrected chi connectivity index (χ4v) is 2.50. The quantitative estimate of drug-likeness (QED) is 0.588. The second-order valence-corrected chi connectivity index (χ2v) is 5.41. The topological polar surface area (TPSA) is 66.3 Å². The van der Waals surface area contributed by atoms with Gasteiger partial charge in [-0.25, -0.2) is 9.79 Å². The van der Waals surface area contributed by atoms with Gasteiger partial charge < -0.3 is 18.9 Å². The highest BCUT2D eigenvalue weighted by molar-refractivity contribution is 6.13. The Morgan fingerprint density at radius 1 is 1.08 bits per heavy atom. The predicted octanol–water partition coefficient (Wildman–Crippen LogP) is 3.45. The maximum absolute atomic E-state index is 12.1. The molecule has 3 rings (SSSR count). The predicted molar refractivity (Wildman–Crippen MR) is 97.8 cm³/mol. The molecule has 2 aromatic rings. The summed E-state index contributed by atoms with van der Waals surface area (Å²) in [6.07, 6.45) is 1.65. The standard InChI is InChI=1S/C20H19NO5/c1-4-25-17-9-8-13(11-18(17)24-3)10-16-20(22)26-19(21-16)14-6-5-7-15(12-14)23-2/h5-12H,4H2,1-3H3/b16-10+. The molecule has 0 saturated carbocycles. The van der Waals surface area contributed by atoms with Crippen molar-refractivity contribution >= 4 is 17.9 Å². The second-order valence-electron chi connectivity index (χ2n) is 5.41. The molecule has 134 valence electrons. The molecule has 0 spiro atoms. The number of carbonyl (C=O) groups excluding carboxylic acids is 1. The Kier molecular flexibility index (Phi) is 5.22. The van der Waals surface area contributed by atoms with Crippen LogP contribution >= 0.6 is 0 Å². The lowest BCUT2D eigenvalue weighted by Gasteiger charge is -2.09. The molecule has 0 aromatic heterocycles. The smallest absolute Gasteiger partial charge is 0.363 e. The minimum absolute atomic E-state index is 0.217. The van der Waals surface area contributed by atoms with Gasteiger partial charge in [-0.05, 0) is 48.9 Å². The minimum atomic E-state index is -0.504. The number of esters is 1. The van der Waals surface area contributed by atoms with E-state index in [1.54, 1.807) is 44.6 Å². The highest BCUT2D eigenvalue weighted by Crippen LogP contribution is 2.30. The summed E-state index contributed by atoms with van der Waals surface area (Å²) in [4.78, 5) is 16.5. The zero-order chi connectivity index (χ0) is 18.5. The molecule has 0 fully saturated rings.